The molecule has 0 aromatic heterocycles. The smallest absolute Gasteiger partial charge is 0.328 e. The van der Waals surface area contributed by atoms with E-state index in [-0.39, 0.29) is 12.2 Å². The number of benzene rings is 1. The molecule has 1 amide bonds. The van der Waals surface area contributed by atoms with E-state index < -0.39 is 23.7 Å². The molecule has 4 nitrogen and oxygen atoms in total. The van der Waals surface area contributed by atoms with Crippen LogP contribution >= 0.6 is 15.9 Å². The summed E-state index contributed by atoms with van der Waals surface area (Å²) in [6.45, 7) is 3.45. The number of amides is 1. The zero-order chi connectivity index (χ0) is 13.7. The molecule has 1 rings (SSSR count). The second-order valence-electron chi connectivity index (χ2n) is 3.57. The van der Waals surface area contributed by atoms with Gasteiger partial charge in [-0.25, -0.2) is 9.18 Å². The highest BCUT2D eigenvalue weighted by Crippen LogP contribution is 2.18. The Balaban J connectivity index is 2.73. The van der Waals surface area contributed by atoms with Crippen molar-refractivity contribution in [1.29, 1.82) is 0 Å². The van der Waals surface area contributed by atoms with Gasteiger partial charge in [-0.15, -0.1) is 0 Å². The van der Waals surface area contributed by atoms with Gasteiger partial charge in [0.05, 0.1) is 12.2 Å². The van der Waals surface area contributed by atoms with Crippen LogP contribution in [-0.4, -0.2) is 24.5 Å². The molecule has 1 atom stereocenters. The molecule has 0 heterocycles. The van der Waals surface area contributed by atoms with Gasteiger partial charge in [-0.3, -0.25) is 4.79 Å². The van der Waals surface area contributed by atoms with Gasteiger partial charge in [-0.1, -0.05) is 0 Å². The van der Waals surface area contributed by atoms with Crippen LogP contribution < -0.4 is 5.32 Å². The summed E-state index contributed by atoms with van der Waals surface area (Å²) in [6, 6.07) is 2.94. The normalized spacial score (nSPS) is 11.8. The Morgan fingerprint density at radius 1 is 1.50 bits per heavy atom. The van der Waals surface area contributed by atoms with E-state index in [1.807, 2.05) is 0 Å². The highest BCUT2D eigenvalue weighted by atomic mass is 79.9. The minimum Gasteiger partial charge on any atom is -0.464 e. The summed E-state index contributed by atoms with van der Waals surface area (Å²) in [5, 5.41) is 2.48. The third-order valence-corrected chi connectivity index (χ3v) is 2.82. The number of esters is 1. The maximum absolute atomic E-state index is 12.9. The van der Waals surface area contributed by atoms with Gasteiger partial charge in [0.25, 0.3) is 5.91 Å². The summed E-state index contributed by atoms with van der Waals surface area (Å²) in [5.41, 5.74) is 0.257. The van der Waals surface area contributed by atoms with Crippen molar-refractivity contribution in [1.82, 2.24) is 5.32 Å². The number of carbonyl (C=O) groups excluding carboxylic acids is 2. The molecule has 6 heteroatoms. The Morgan fingerprint density at radius 2 is 2.17 bits per heavy atom. The van der Waals surface area contributed by atoms with E-state index in [1.54, 1.807) is 6.92 Å². The number of halogens is 2. The first-order chi connectivity index (χ1) is 8.45. The minimum atomic E-state index is -0.755. The van der Waals surface area contributed by atoms with E-state index in [4.69, 9.17) is 4.74 Å². The zero-order valence-corrected chi connectivity index (χ0v) is 11.6. The predicted molar refractivity (Wildman–Crippen MR) is 67.7 cm³/mol. The predicted octanol–water partition coefficient (Wildman–Crippen LogP) is 2.27. The molecule has 0 fully saturated rings. The summed E-state index contributed by atoms with van der Waals surface area (Å²) in [5.74, 6) is -1.43. The molecular formula is C12H13BrFNO3. The van der Waals surface area contributed by atoms with Gasteiger partial charge in [0.2, 0.25) is 0 Å². The molecule has 1 N–H and O–H groups in total. The van der Waals surface area contributed by atoms with Crippen molar-refractivity contribution < 1.29 is 18.7 Å². The van der Waals surface area contributed by atoms with Crippen molar-refractivity contribution in [2.24, 2.45) is 0 Å². The van der Waals surface area contributed by atoms with Crippen LogP contribution in [0.15, 0.2) is 22.7 Å². The molecule has 18 heavy (non-hydrogen) atoms. The molecule has 0 aliphatic heterocycles. The molecule has 0 spiro atoms. The summed E-state index contributed by atoms with van der Waals surface area (Å²) in [4.78, 5) is 23.2. The lowest BCUT2D eigenvalue weighted by atomic mass is 10.2. The Labute approximate surface area is 113 Å². The van der Waals surface area contributed by atoms with Gasteiger partial charge in [0.1, 0.15) is 11.9 Å². The van der Waals surface area contributed by atoms with Crippen LogP contribution in [0.5, 0.6) is 0 Å². The SMILES string of the molecule is CCOC(=O)C(C)NC(=O)c1ccc(F)cc1Br. The van der Waals surface area contributed by atoms with Crippen molar-refractivity contribution >= 4 is 27.8 Å². The molecular weight excluding hydrogens is 305 g/mol. The number of carbonyl (C=O) groups is 2. The van der Waals surface area contributed by atoms with Crippen LogP contribution in [-0.2, 0) is 9.53 Å². The van der Waals surface area contributed by atoms with Gasteiger partial charge < -0.3 is 10.1 Å². The van der Waals surface area contributed by atoms with Crippen molar-refractivity contribution in [2.45, 2.75) is 19.9 Å². The zero-order valence-electron chi connectivity index (χ0n) is 10.00. The minimum absolute atomic E-state index is 0.249. The lowest BCUT2D eigenvalue weighted by molar-refractivity contribution is -0.144. The summed E-state index contributed by atoms with van der Waals surface area (Å²) in [6.07, 6.45) is 0. The first-order valence-corrected chi connectivity index (χ1v) is 6.17. The molecule has 0 aliphatic rings. The highest BCUT2D eigenvalue weighted by Gasteiger charge is 2.19. The standard InChI is InChI=1S/C12H13BrFNO3/c1-3-18-12(17)7(2)15-11(16)9-5-4-8(14)6-10(9)13/h4-7H,3H2,1-2H3,(H,15,16). The Morgan fingerprint density at radius 3 is 2.72 bits per heavy atom. The lowest BCUT2D eigenvalue weighted by Crippen LogP contribution is -2.39. The quantitative estimate of drug-likeness (QED) is 0.867. The molecule has 0 saturated heterocycles. The Hall–Kier alpha value is -1.43. The van der Waals surface area contributed by atoms with E-state index in [2.05, 4.69) is 21.2 Å². The maximum Gasteiger partial charge on any atom is 0.328 e. The summed E-state index contributed by atoms with van der Waals surface area (Å²) < 4.78 is 18.0. The largest absolute Gasteiger partial charge is 0.464 e. The van der Waals surface area contributed by atoms with Crippen LogP contribution in [0, 0.1) is 5.82 Å². The third-order valence-electron chi connectivity index (χ3n) is 2.16. The van der Waals surface area contributed by atoms with Crippen LogP contribution in [0.1, 0.15) is 24.2 Å². The molecule has 98 valence electrons. The van der Waals surface area contributed by atoms with Gasteiger partial charge in [-0.2, -0.15) is 0 Å². The third kappa shape index (κ3) is 3.80. The number of nitrogens with one attached hydrogen (secondary N) is 1. The van der Waals surface area contributed by atoms with Crippen LogP contribution in [0.3, 0.4) is 0 Å². The first kappa shape index (κ1) is 14.6. The molecule has 0 saturated carbocycles. The second-order valence-corrected chi connectivity index (χ2v) is 4.43. The van der Waals surface area contributed by atoms with Gasteiger partial charge in [-0.05, 0) is 48.0 Å². The summed E-state index contributed by atoms with van der Waals surface area (Å²) in [7, 11) is 0. The Kier molecular flexibility index (Phi) is 5.27. The molecule has 1 aromatic carbocycles. The number of hydrogen-bond acceptors (Lipinski definition) is 3. The van der Waals surface area contributed by atoms with Crippen LogP contribution in [0.25, 0.3) is 0 Å². The van der Waals surface area contributed by atoms with Crippen molar-refractivity contribution in [3.8, 4) is 0 Å². The molecule has 1 aromatic rings. The lowest BCUT2D eigenvalue weighted by Gasteiger charge is -2.13. The van der Waals surface area contributed by atoms with Crippen LogP contribution in [0.2, 0.25) is 0 Å². The Bertz CT molecular complexity index is 465. The first-order valence-electron chi connectivity index (χ1n) is 5.38. The van der Waals surface area contributed by atoms with E-state index in [9.17, 15) is 14.0 Å². The fourth-order valence-electron chi connectivity index (χ4n) is 1.27. The molecule has 0 bridgehead atoms. The second kappa shape index (κ2) is 6.49. The van der Waals surface area contributed by atoms with Crippen molar-refractivity contribution in [3.63, 3.8) is 0 Å². The molecule has 0 radical (unpaired) electrons. The van der Waals surface area contributed by atoms with Crippen LogP contribution in [0.4, 0.5) is 4.39 Å². The average molecular weight is 318 g/mol. The number of ether oxygens (including phenoxy) is 1. The van der Waals surface area contributed by atoms with E-state index in [0.717, 1.165) is 0 Å². The molecule has 0 aliphatic carbocycles. The van der Waals surface area contributed by atoms with E-state index >= 15 is 0 Å². The number of rotatable bonds is 4. The van der Waals surface area contributed by atoms with Crippen molar-refractivity contribution in [3.05, 3.63) is 34.1 Å². The molecule has 1 unspecified atom stereocenters. The average Bonchev–Trinajstić information content (AvgIpc) is 2.28. The van der Waals surface area contributed by atoms with Crippen molar-refractivity contribution in [2.75, 3.05) is 6.61 Å². The monoisotopic (exact) mass is 317 g/mol. The van der Waals surface area contributed by atoms with Gasteiger partial charge in [0.15, 0.2) is 0 Å². The van der Waals surface area contributed by atoms with Gasteiger partial charge >= 0.3 is 5.97 Å². The highest BCUT2D eigenvalue weighted by molar-refractivity contribution is 9.10. The topological polar surface area (TPSA) is 55.4 Å². The van der Waals surface area contributed by atoms with E-state index in [0.29, 0.717) is 4.47 Å². The van der Waals surface area contributed by atoms with Gasteiger partial charge in [0, 0.05) is 4.47 Å². The number of hydrogen-bond donors (Lipinski definition) is 1. The van der Waals surface area contributed by atoms with E-state index in [1.165, 1.54) is 25.1 Å². The summed E-state index contributed by atoms with van der Waals surface area (Å²) >= 11 is 3.09. The maximum atomic E-state index is 12.9. The fraction of sp³-hybridized carbons (Fsp3) is 0.333. The fourth-order valence-corrected chi connectivity index (χ4v) is 1.81.